The van der Waals surface area contributed by atoms with E-state index < -0.39 is 0 Å². The number of amides is 1. The van der Waals surface area contributed by atoms with Crippen molar-refractivity contribution in [3.8, 4) is 5.75 Å². The fourth-order valence-electron chi connectivity index (χ4n) is 1.49. The standard InChI is InChI=1S/C13H19BrN2O2/c1-9(2)16-13(18)5-6-15-8-10-3-4-12(17)11(14)7-10/h3-4,7,9,15,17H,5-6,8H2,1-2H3,(H,16,18). The summed E-state index contributed by atoms with van der Waals surface area (Å²) < 4.78 is 0.680. The van der Waals surface area contributed by atoms with Crippen molar-refractivity contribution >= 4 is 21.8 Å². The molecular weight excluding hydrogens is 296 g/mol. The average molecular weight is 315 g/mol. The highest BCUT2D eigenvalue weighted by molar-refractivity contribution is 9.10. The van der Waals surface area contributed by atoms with E-state index in [4.69, 9.17) is 0 Å². The molecule has 0 aliphatic rings. The van der Waals surface area contributed by atoms with E-state index in [-0.39, 0.29) is 17.7 Å². The summed E-state index contributed by atoms with van der Waals surface area (Å²) in [6, 6.07) is 5.54. The van der Waals surface area contributed by atoms with Gasteiger partial charge in [0.05, 0.1) is 4.47 Å². The SMILES string of the molecule is CC(C)NC(=O)CCNCc1ccc(O)c(Br)c1. The molecule has 0 radical (unpaired) electrons. The molecule has 5 heteroatoms. The largest absolute Gasteiger partial charge is 0.507 e. The van der Waals surface area contributed by atoms with Crippen LogP contribution < -0.4 is 10.6 Å². The van der Waals surface area contributed by atoms with Crippen LogP contribution in [0.5, 0.6) is 5.75 Å². The maximum Gasteiger partial charge on any atom is 0.221 e. The number of phenols is 1. The van der Waals surface area contributed by atoms with Crippen LogP contribution in [0.4, 0.5) is 0 Å². The number of phenolic OH excluding ortho intramolecular Hbond substituents is 1. The average Bonchev–Trinajstić information content (AvgIpc) is 2.28. The molecule has 0 saturated heterocycles. The highest BCUT2D eigenvalue weighted by Crippen LogP contribution is 2.24. The Morgan fingerprint density at radius 2 is 2.17 bits per heavy atom. The first-order chi connectivity index (χ1) is 8.49. The first kappa shape index (κ1) is 15.0. The summed E-state index contributed by atoms with van der Waals surface area (Å²) in [7, 11) is 0. The number of rotatable bonds is 6. The minimum atomic E-state index is 0.0596. The van der Waals surface area contributed by atoms with Gasteiger partial charge in [0.2, 0.25) is 5.91 Å². The predicted molar refractivity (Wildman–Crippen MR) is 75.4 cm³/mol. The second kappa shape index (κ2) is 7.38. The Morgan fingerprint density at radius 3 is 2.78 bits per heavy atom. The topological polar surface area (TPSA) is 61.4 Å². The van der Waals surface area contributed by atoms with Gasteiger partial charge in [0.1, 0.15) is 5.75 Å². The predicted octanol–water partition coefficient (Wildman–Crippen LogP) is 2.16. The molecular formula is C13H19BrN2O2. The molecule has 0 atom stereocenters. The fourth-order valence-corrected chi connectivity index (χ4v) is 1.92. The third-order valence-electron chi connectivity index (χ3n) is 2.32. The molecule has 1 rings (SSSR count). The Kier molecular flexibility index (Phi) is 6.15. The van der Waals surface area contributed by atoms with Crippen LogP contribution in [-0.2, 0) is 11.3 Å². The van der Waals surface area contributed by atoms with E-state index in [2.05, 4.69) is 26.6 Å². The Hall–Kier alpha value is -1.07. The Morgan fingerprint density at radius 1 is 1.44 bits per heavy atom. The highest BCUT2D eigenvalue weighted by atomic mass is 79.9. The number of halogens is 1. The summed E-state index contributed by atoms with van der Waals surface area (Å²) in [6.45, 7) is 5.20. The van der Waals surface area contributed by atoms with Crippen molar-refractivity contribution < 1.29 is 9.90 Å². The summed E-state index contributed by atoms with van der Waals surface area (Å²) in [4.78, 5) is 11.4. The number of aromatic hydroxyl groups is 1. The number of hydrogen-bond donors (Lipinski definition) is 3. The summed E-state index contributed by atoms with van der Waals surface area (Å²) >= 11 is 3.26. The molecule has 1 aromatic rings. The van der Waals surface area contributed by atoms with E-state index in [1.807, 2.05) is 26.0 Å². The number of benzene rings is 1. The third-order valence-corrected chi connectivity index (χ3v) is 2.95. The van der Waals surface area contributed by atoms with Crippen LogP contribution in [0.3, 0.4) is 0 Å². The van der Waals surface area contributed by atoms with Crippen LogP contribution in [0, 0.1) is 0 Å². The van der Waals surface area contributed by atoms with E-state index in [0.717, 1.165) is 5.56 Å². The lowest BCUT2D eigenvalue weighted by atomic mass is 10.2. The van der Waals surface area contributed by atoms with Crippen molar-refractivity contribution in [1.29, 1.82) is 0 Å². The molecule has 0 aliphatic carbocycles. The molecule has 1 aromatic carbocycles. The van der Waals surface area contributed by atoms with Gasteiger partial charge in [-0.1, -0.05) is 6.07 Å². The van der Waals surface area contributed by atoms with E-state index in [9.17, 15) is 9.90 Å². The Balaban J connectivity index is 2.25. The van der Waals surface area contributed by atoms with Crippen molar-refractivity contribution in [2.45, 2.75) is 32.9 Å². The molecule has 1 amide bonds. The zero-order chi connectivity index (χ0) is 13.5. The Labute approximate surface area is 116 Å². The van der Waals surface area contributed by atoms with Crippen LogP contribution in [0.1, 0.15) is 25.8 Å². The van der Waals surface area contributed by atoms with Crippen molar-refractivity contribution in [3.63, 3.8) is 0 Å². The lowest BCUT2D eigenvalue weighted by Crippen LogP contribution is -2.32. The van der Waals surface area contributed by atoms with Gasteiger partial charge < -0.3 is 15.7 Å². The third kappa shape index (κ3) is 5.51. The zero-order valence-electron chi connectivity index (χ0n) is 10.7. The van der Waals surface area contributed by atoms with Crippen LogP contribution in [0.15, 0.2) is 22.7 Å². The first-order valence-corrected chi connectivity index (χ1v) is 6.76. The van der Waals surface area contributed by atoms with E-state index >= 15 is 0 Å². The zero-order valence-corrected chi connectivity index (χ0v) is 12.3. The number of carbonyl (C=O) groups excluding carboxylic acids is 1. The normalized spacial score (nSPS) is 10.7. The summed E-state index contributed by atoms with van der Waals surface area (Å²) in [5.74, 6) is 0.291. The molecule has 0 aliphatic heterocycles. The van der Waals surface area contributed by atoms with Gasteiger partial charge in [0, 0.05) is 25.6 Å². The minimum absolute atomic E-state index is 0.0596. The second-order valence-corrected chi connectivity index (χ2v) is 5.29. The van der Waals surface area contributed by atoms with Crippen LogP contribution in [0.25, 0.3) is 0 Å². The first-order valence-electron chi connectivity index (χ1n) is 5.96. The van der Waals surface area contributed by atoms with Gasteiger partial charge in [-0.05, 0) is 47.5 Å². The molecule has 0 heterocycles. The van der Waals surface area contributed by atoms with Gasteiger partial charge in [0.25, 0.3) is 0 Å². The Bertz CT molecular complexity index is 408. The van der Waals surface area contributed by atoms with E-state index in [0.29, 0.717) is 24.0 Å². The smallest absolute Gasteiger partial charge is 0.221 e. The molecule has 0 saturated carbocycles. The minimum Gasteiger partial charge on any atom is -0.507 e. The van der Waals surface area contributed by atoms with Crippen molar-refractivity contribution in [3.05, 3.63) is 28.2 Å². The van der Waals surface area contributed by atoms with Crippen LogP contribution >= 0.6 is 15.9 Å². The molecule has 0 spiro atoms. The quantitative estimate of drug-likeness (QED) is 0.705. The van der Waals surface area contributed by atoms with Gasteiger partial charge in [-0.2, -0.15) is 0 Å². The van der Waals surface area contributed by atoms with E-state index in [1.165, 1.54) is 0 Å². The lowest BCUT2D eigenvalue weighted by molar-refractivity contribution is -0.121. The summed E-state index contributed by atoms with van der Waals surface area (Å²) in [6.07, 6.45) is 0.470. The van der Waals surface area contributed by atoms with Crippen LogP contribution in [0.2, 0.25) is 0 Å². The monoisotopic (exact) mass is 314 g/mol. The highest BCUT2D eigenvalue weighted by Gasteiger charge is 2.03. The molecule has 0 aromatic heterocycles. The molecule has 0 bridgehead atoms. The van der Waals surface area contributed by atoms with Crippen molar-refractivity contribution in [1.82, 2.24) is 10.6 Å². The van der Waals surface area contributed by atoms with Crippen molar-refractivity contribution in [2.75, 3.05) is 6.54 Å². The summed E-state index contributed by atoms with van der Waals surface area (Å²) in [5.41, 5.74) is 1.06. The number of hydrogen-bond acceptors (Lipinski definition) is 3. The maximum atomic E-state index is 11.4. The number of nitrogens with one attached hydrogen (secondary N) is 2. The second-order valence-electron chi connectivity index (χ2n) is 4.43. The molecule has 3 N–H and O–H groups in total. The molecule has 100 valence electrons. The van der Waals surface area contributed by atoms with Gasteiger partial charge in [-0.3, -0.25) is 4.79 Å². The van der Waals surface area contributed by atoms with Gasteiger partial charge in [-0.15, -0.1) is 0 Å². The van der Waals surface area contributed by atoms with Crippen molar-refractivity contribution in [2.24, 2.45) is 0 Å². The molecule has 18 heavy (non-hydrogen) atoms. The molecule has 0 unspecified atom stereocenters. The molecule has 0 fully saturated rings. The van der Waals surface area contributed by atoms with Gasteiger partial charge in [-0.25, -0.2) is 0 Å². The maximum absolute atomic E-state index is 11.4. The summed E-state index contributed by atoms with van der Waals surface area (Å²) in [5, 5.41) is 15.4. The lowest BCUT2D eigenvalue weighted by Gasteiger charge is -2.09. The van der Waals surface area contributed by atoms with Crippen LogP contribution in [-0.4, -0.2) is 23.6 Å². The van der Waals surface area contributed by atoms with E-state index in [1.54, 1.807) is 6.07 Å². The molecule has 4 nitrogen and oxygen atoms in total. The fraction of sp³-hybridized carbons (Fsp3) is 0.462. The van der Waals surface area contributed by atoms with Gasteiger partial charge >= 0.3 is 0 Å². The van der Waals surface area contributed by atoms with Gasteiger partial charge in [0.15, 0.2) is 0 Å². The number of carbonyl (C=O) groups is 1.